The first-order valence-corrected chi connectivity index (χ1v) is 6.96. The number of anilines is 1. The van der Waals surface area contributed by atoms with Gasteiger partial charge in [-0.2, -0.15) is 0 Å². The maximum absolute atomic E-state index is 5.77. The van der Waals surface area contributed by atoms with Crippen LogP contribution in [0.1, 0.15) is 12.8 Å². The summed E-state index contributed by atoms with van der Waals surface area (Å²) in [5, 5.41) is 6.47. The summed E-state index contributed by atoms with van der Waals surface area (Å²) in [7, 11) is 0. The van der Waals surface area contributed by atoms with Crippen LogP contribution < -0.4 is 10.6 Å². The average Bonchev–Trinajstić information content (AvgIpc) is 2.38. The molecule has 0 unspecified atom stereocenters. The molecular formula is C11H17IN4O. The Morgan fingerprint density at radius 2 is 2.06 bits per heavy atom. The molecule has 0 aliphatic carbocycles. The van der Waals surface area contributed by atoms with Crippen molar-refractivity contribution in [3.63, 3.8) is 0 Å². The fraction of sp³-hybridized carbons (Fsp3) is 0.636. The van der Waals surface area contributed by atoms with Crippen molar-refractivity contribution in [3.8, 4) is 0 Å². The van der Waals surface area contributed by atoms with E-state index in [-0.39, 0.29) is 0 Å². The third-order valence-corrected chi connectivity index (χ3v) is 3.20. The maximum Gasteiger partial charge on any atom is 0.222 e. The molecule has 1 aliphatic rings. The zero-order chi connectivity index (χ0) is 11.9. The molecule has 1 aromatic heterocycles. The van der Waals surface area contributed by atoms with E-state index < -0.39 is 0 Å². The van der Waals surface area contributed by atoms with E-state index in [1.54, 1.807) is 12.4 Å². The standard InChI is InChI=1S/C11H17IN4O/c12-9-7-15-11(16-8-9)14-5-6-17-10-1-3-13-4-2-10/h7-8,10,13H,1-6H2,(H,14,15,16). The van der Waals surface area contributed by atoms with Gasteiger partial charge in [-0.3, -0.25) is 0 Å². The Morgan fingerprint density at radius 1 is 1.35 bits per heavy atom. The van der Waals surface area contributed by atoms with Gasteiger partial charge >= 0.3 is 0 Å². The lowest BCUT2D eigenvalue weighted by Gasteiger charge is -2.22. The van der Waals surface area contributed by atoms with Gasteiger partial charge in [0.15, 0.2) is 0 Å². The van der Waals surface area contributed by atoms with Crippen molar-refractivity contribution in [3.05, 3.63) is 16.0 Å². The van der Waals surface area contributed by atoms with Gasteiger partial charge in [0.1, 0.15) is 0 Å². The third-order valence-electron chi connectivity index (χ3n) is 2.65. The third kappa shape index (κ3) is 4.72. The van der Waals surface area contributed by atoms with E-state index in [9.17, 15) is 0 Å². The molecule has 0 saturated carbocycles. The Labute approximate surface area is 115 Å². The average molecular weight is 348 g/mol. The van der Waals surface area contributed by atoms with E-state index in [0.717, 1.165) is 36.0 Å². The van der Waals surface area contributed by atoms with E-state index in [2.05, 4.69) is 43.2 Å². The molecule has 0 radical (unpaired) electrons. The number of hydrogen-bond acceptors (Lipinski definition) is 5. The van der Waals surface area contributed by atoms with Gasteiger partial charge in [-0.25, -0.2) is 9.97 Å². The second-order valence-corrected chi connectivity index (χ2v) is 5.22. The second-order valence-electron chi connectivity index (χ2n) is 3.97. The largest absolute Gasteiger partial charge is 0.376 e. The van der Waals surface area contributed by atoms with Gasteiger partial charge < -0.3 is 15.4 Å². The van der Waals surface area contributed by atoms with Crippen LogP contribution in [0.15, 0.2) is 12.4 Å². The molecule has 1 fully saturated rings. The number of nitrogens with zero attached hydrogens (tertiary/aromatic N) is 2. The molecule has 1 saturated heterocycles. The Morgan fingerprint density at radius 3 is 2.76 bits per heavy atom. The minimum atomic E-state index is 0.413. The van der Waals surface area contributed by atoms with Gasteiger partial charge in [0.25, 0.3) is 0 Å². The SMILES string of the molecule is Ic1cnc(NCCOC2CCNCC2)nc1. The van der Waals surface area contributed by atoms with Gasteiger partial charge in [0, 0.05) is 22.5 Å². The van der Waals surface area contributed by atoms with Crippen LogP contribution >= 0.6 is 22.6 Å². The molecule has 94 valence electrons. The van der Waals surface area contributed by atoms with Crippen molar-refractivity contribution < 1.29 is 4.74 Å². The number of piperidine rings is 1. The molecule has 1 aromatic rings. The van der Waals surface area contributed by atoms with Crippen LogP contribution in [0, 0.1) is 3.57 Å². The van der Waals surface area contributed by atoms with Gasteiger partial charge in [0.2, 0.25) is 5.95 Å². The molecule has 6 heteroatoms. The van der Waals surface area contributed by atoms with Gasteiger partial charge in [-0.15, -0.1) is 0 Å². The lowest BCUT2D eigenvalue weighted by molar-refractivity contribution is 0.0394. The van der Waals surface area contributed by atoms with Crippen molar-refractivity contribution in [1.29, 1.82) is 0 Å². The minimum absolute atomic E-state index is 0.413. The van der Waals surface area contributed by atoms with Crippen LogP contribution in [0.4, 0.5) is 5.95 Å². The summed E-state index contributed by atoms with van der Waals surface area (Å²) in [5.74, 6) is 0.666. The maximum atomic E-state index is 5.77. The first-order chi connectivity index (χ1) is 8.34. The van der Waals surface area contributed by atoms with Crippen molar-refractivity contribution in [1.82, 2.24) is 15.3 Å². The number of rotatable bonds is 5. The molecular weight excluding hydrogens is 331 g/mol. The smallest absolute Gasteiger partial charge is 0.222 e. The number of nitrogens with one attached hydrogen (secondary N) is 2. The van der Waals surface area contributed by atoms with Crippen LogP contribution in [-0.4, -0.2) is 42.3 Å². The first-order valence-electron chi connectivity index (χ1n) is 5.88. The highest BCUT2D eigenvalue weighted by Crippen LogP contribution is 2.07. The summed E-state index contributed by atoms with van der Waals surface area (Å²) in [6.45, 7) is 3.60. The number of ether oxygens (including phenoxy) is 1. The number of aromatic nitrogens is 2. The van der Waals surface area contributed by atoms with Crippen LogP contribution in [0.25, 0.3) is 0 Å². The van der Waals surface area contributed by atoms with E-state index >= 15 is 0 Å². The summed E-state index contributed by atoms with van der Waals surface area (Å²) < 4.78 is 6.81. The number of hydrogen-bond donors (Lipinski definition) is 2. The van der Waals surface area contributed by atoms with E-state index in [4.69, 9.17) is 4.74 Å². The molecule has 5 nitrogen and oxygen atoms in total. The Kier molecular flexibility index (Phi) is 5.40. The predicted molar refractivity (Wildman–Crippen MR) is 75.1 cm³/mol. The normalized spacial score (nSPS) is 17.0. The second kappa shape index (κ2) is 7.07. The predicted octanol–water partition coefficient (Wildman–Crippen LogP) is 1.26. The summed E-state index contributed by atoms with van der Waals surface area (Å²) >= 11 is 2.19. The lowest BCUT2D eigenvalue weighted by Crippen LogP contribution is -2.33. The van der Waals surface area contributed by atoms with Crippen molar-refractivity contribution in [2.24, 2.45) is 0 Å². The zero-order valence-corrected chi connectivity index (χ0v) is 11.8. The highest BCUT2D eigenvalue weighted by Gasteiger charge is 2.12. The highest BCUT2D eigenvalue weighted by atomic mass is 127. The molecule has 0 amide bonds. The van der Waals surface area contributed by atoms with Crippen LogP contribution in [0.3, 0.4) is 0 Å². The molecule has 2 heterocycles. The van der Waals surface area contributed by atoms with Crippen molar-refractivity contribution in [2.75, 3.05) is 31.6 Å². The molecule has 2 rings (SSSR count). The summed E-state index contributed by atoms with van der Waals surface area (Å²) in [4.78, 5) is 8.33. The van der Waals surface area contributed by atoms with E-state index in [0.29, 0.717) is 18.7 Å². The fourth-order valence-corrected chi connectivity index (χ4v) is 2.03. The van der Waals surface area contributed by atoms with Crippen molar-refractivity contribution >= 4 is 28.5 Å². The fourth-order valence-electron chi connectivity index (χ4n) is 1.75. The van der Waals surface area contributed by atoms with Gasteiger partial charge in [-0.1, -0.05) is 0 Å². The monoisotopic (exact) mass is 348 g/mol. The Bertz CT molecular complexity index is 327. The lowest BCUT2D eigenvalue weighted by atomic mass is 10.1. The van der Waals surface area contributed by atoms with Gasteiger partial charge in [-0.05, 0) is 48.5 Å². The summed E-state index contributed by atoms with van der Waals surface area (Å²) in [5.41, 5.74) is 0. The topological polar surface area (TPSA) is 59.1 Å². The molecule has 0 bridgehead atoms. The summed E-state index contributed by atoms with van der Waals surface area (Å²) in [6, 6.07) is 0. The molecule has 0 aromatic carbocycles. The molecule has 17 heavy (non-hydrogen) atoms. The zero-order valence-electron chi connectivity index (χ0n) is 9.66. The van der Waals surface area contributed by atoms with Crippen molar-refractivity contribution in [2.45, 2.75) is 18.9 Å². The molecule has 0 atom stereocenters. The van der Waals surface area contributed by atoms with Gasteiger partial charge in [0.05, 0.1) is 12.7 Å². The number of halogens is 1. The van der Waals surface area contributed by atoms with Crippen LogP contribution in [0.5, 0.6) is 0 Å². The van der Waals surface area contributed by atoms with E-state index in [1.807, 2.05) is 0 Å². The van der Waals surface area contributed by atoms with Crippen LogP contribution in [-0.2, 0) is 4.74 Å². The molecule has 1 aliphatic heterocycles. The minimum Gasteiger partial charge on any atom is -0.376 e. The highest BCUT2D eigenvalue weighted by molar-refractivity contribution is 14.1. The quantitative estimate of drug-likeness (QED) is 0.620. The first kappa shape index (κ1) is 13.0. The molecule has 0 spiro atoms. The van der Waals surface area contributed by atoms with E-state index in [1.165, 1.54) is 0 Å². The summed E-state index contributed by atoms with van der Waals surface area (Å²) in [6.07, 6.45) is 6.23. The Hall–Kier alpha value is -0.470. The Balaban J connectivity index is 1.60. The van der Waals surface area contributed by atoms with Crippen LogP contribution in [0.2, 0.25) is 0 Å². The molecule has 2 N–H and O–H groups in total.